The van der Waals surface area contributed by atoms with Crippen LogP contribution in [-0.4, -0.2) is 19.2 Å². The number of aryl methyl sites for hydroxylation is 2. The molecule has 1 heterocycles. The van der Waals surface area contributed by atoms with Gasteiger partial charge in [0.1, 0.15) is 0 Å². The molecule has 0 spiro atoms. The van der Waals surface area contributed by atoms with Crippen LogP contribution < -0.4 is 9.47 Å². The molecule has 0 amide bonds. The molecule has 102 valence electrons. The highest BCUT2D eigenvalue weighted by Crippen LogP contribution is 2.36. The number of hydrogen-bond donors (Lipinski definition) is 0. The molecule has 0 bridgehead atoms. The van der Waals surface area contributed by atoms with Crippen LogP contribution in [0.4, 0.5) is 0 Å². The Bertz CT molecular complexity index is 809. The third-order valence-corrected chi connectivity index (χ3v) is 3.74. The molecule has 2 aromatic carbocycles. The summed E-state index contributed by atoms with van der Waals surface area (Å²) in [6.07, 6.45) is 0. The van der Waals surface area contributed by atoms with Gasteiger partial charge in [0.2, 0.25) is 0 Å². The Morgan fingerprint density at radius 3 is 2.30 bits per heavy atom. The van der Waals surface area contributed by atoms with E-state index in [1.807, 2.05) is 12.1 Å². The van der Waals surface area contributed by atoms with Crippen molar-refractivity contribution in [3.8, 4) is 11.5 Å². The molecule has 0 saturated heterocycles. The molecule has 0 unspecified atom stereocenters. The maximum absolute atomic E-state index is 5.49. The van der Waals surface area contributed by atoms with Crippen LogP contribution in [0.2, 0.25) is 0 Å². The molecule has 20 heavy (non-hydrogen) atoms. The third kappa shape index (κ3) is 1.86. The Labute approximate surface area is 118 Å². The Kier molecular flexibility index (Phi) is 2.97. The minimum absolute atomic E-state index is 0.727. The summed E-state index contributed by atoms with van der Waals surface area (Å²) < 4.78 is 10.8. The molecule has 0 atom stereocenters. The monoisotopic (exact) mass is 267 g/mol. The molecule has 1 aromatic heterocycles. The average Bonchev–Trinajstić information content (AvgIpc) is 2.45. The molecule has 0 aliphatic rings. The lowest BCUT2D eigenvalue weighted by Crippen LogP contribution is -1.93. The molecular formula is C17H17NO2. The topological polar surface area (TPSA) is 31.4 Å². The van der Waals surface area contributed by atoms with E-state index in [4.69, 9.17) is 14.5 Å². The Morgan fingerprint density at radius 2 is 1.60 bits per heavy atom. The summed E-state index contributed by atoms with van der Waals surface area (Å²) in [5, 5.41) is 2.09. The van der Waals surface area contributed by atoms with Crippen molar-refractivity contribution in [3.05, 3.63) is 41.5 Å². The normalized spacial score (nSPS) is 11.0. The summed E-state index contributed by atoms with van der Waals surface area (Å²) >= 11 is 0. The van der Waals surface area contributed by atoms with Crippen molar-refractivity contribution in [2.24, 2.45) is 0 Å². The molecule has 3 heteroatoms. The van der Waals surface area contributed by atoms with E-state index in [1.54, 1.807) is 14.2 Å². The van der Waals surface area contributed by atoms with Gasteiger partial charge in [-0.3, -0.25) is 0 Å². The van der Waals surface area contributed by atoms with E-state index in [9.17, 15) is 0 Å². The van der Waals surface area contributed by atoms with Crippen molar-refractivity contribution in [3.63, 3.8) is 0 Å². The largest absolute Gasteiger partial charge is 0.493 e. The molecule has 0 radical (unpaired) electrons. The highest BCUT2D eigenvalue weighted by atomic mass is 16.5. The average molecular weight is 267 g/mol. The second kappa shape index (κ2) is 4.67. The molecule has 3 nitrogen and oxygen atoms in total. The number of hydrogen-bond acceptors (Lipinski definition) is 3. The van der Waals surface area contributed by atoms with Crippen LogP contribution >= 0.6 is 0 Å². The number of benzene rings is 2. The fourth-order valence-corrected chi connectivity index (χ4v) is 2.50. The van der Waals surface area contributed by atoms with Crippen molar-refractivity contribution < 1.29 is 9.47 Å². The smallest absolute Gasteiger partial charge is 0.170 e. The Morgan fingerprint density at radius 1 is 0.850 bits per heavy atom. The number of rotatable bonds is 2. The SMILES string of the molecule is COc1ccc2nc3cc(C)c(C)cc3cc2c1OC. The first-order valence-corrected chi connectivity index (χ1v) is 6.56. The number of methoxy groups -OCH3 is 2. The molecule has 0 saturated carbocycles. The Balaban J connectivity index is 2.41. The lowest BCUT2D eigenvalue weighted by molar-refractivity contribution is 0.358. The standard InChI is InChI=1S/C17H17NO2/c1-10-7-12-9-13-14(18-15(12)8-11(10)2)5-6-16(19-3)17(13)20-4/h5-9H,1-4H3. The van der Waals surface area contributed by atoms with Crippen LogP contribution in [0.1, 0.15) is 11.1 Å². The summed E-state index contributed by atoms with van der Waals surface area (Å²) in [7, 11) is 3.30. The molecule has 0 aliphatic heterocycles. The number of aromatic nitrogens is 1. The summed E-state index contributed by atoms with van der Waals surface area (Å²) in [4.78, 5) is 4.73. The number of nitrogens with zero attached hydrogens (tertiary/aromatic N) is 1. The van der Waals surface area contributed by atoms with E-state index in [0.717, 1.165) is 33.3 Å². The molecular weight excluding hydrogens is 250 g/mol. The Hall–Kier alpha value is -2.29. The van der Waals surface area contributed by atoms with Crippen LogP contribution in [0.3, 0.4) is 0 Å². The van der Waals surface area contributed by atoms with Gasteiger partial charge in [0.25, 0.3) is 0 Å². The first-order valence-electron chi connectivity index (χ1n) is 6.56. The lowest BCUT2D eigenvalue weighted by atomic mass is 10.0. The molecule has 0 N–H and O–H groups in total. The van der Waals surface area contributed by atoms with Gasteiger partial charge in [0, 0.05) is 10.8 Å². The van der Waals surface area contributed by atoms with Crippen LogP contribution in [0.5, 0.6) is 11.5 Å². The second-order valence-electron chi connectivity index (χ2n) is 4.99. The summed E-state index contributed by atoms with van der Waals surface area (Å²) in [6.45, 7) is 4.22. The zero-order chi connectivity index (χ0) is 14.3. The van der Waals surface area contributed by atoms with Crippen molar-refractivity contribution in [2.45, 2.75) is 13.8 Å². The molecule has 0 aliphatic carbocycles. The highest BCUT2D eigenvalue weighted by Gasteiger charge is 2.11. The van der Waals surface area contributed by atoms with Crippen molar-refractivity contribution in [1.29, 1.82) is 0 Å². The first-order chi connectivity index (χ1) is 9.63. The summed E-state index contributed by atoms with van der Waals surface area (Å²) in [5.74, 6) is 1.46. The fraction of sp³-hybridized carbons (Fsp3) is 0.235. The highest BCUT2D eigenvalue weighted by molar-refractivity contribution is 5.97. The van der Waals surface area contributed by atoms with E-state index in [0.29, 0.717) is 0 Å². The summed E-state index contributed by atoms with van der Waals surface area (Å²) in [5.41, 5.74) is 4.44. The maximum atomic E-state index is 5.49. The van der Waals surface area contributed by atoms with E-state index >= 15 is 0 Å². The lowest BCUT2D eigenvalue weighted by Gasteiger charge is -2.11. The zero-order valence-electron chi connectivity index (χ0n) is 12.2. The minimum Gasteiger partial charge on any atom is -0.493 e. The van der Waals surface area contributed by atoms with Crippen molar-refractivity contribution in [1.82, 2.24) is 4.98 Å². The van der Waals surface area contributed by atoms with Gasteiger partial charge < -0.3 is 9.47 Å². The van der Waals surface area contributed by atoms with Gasteiger partial charge in [-0.05, 0) is 55.3 Å². The van der Waals surface area contributed by atoms with Gasteiger partial charge in [0.05, 0.1) is 25.3 Å². The number of ether oxygens (including phenoxy) is 2. The van der Waals surface area contributed by atoms with Gasteiger partial charge in [-0.15, -0.1) is 0 Å². The van der Waals surface area contributed by atoms with Gasteiger partial charge in [-0.2, -0.15) is 0 Å². The van der Waals surface area contributed by atoms with Gasteiger partial charge in [0.15, 0.2) is 11.5 Å². The van der Waals surface area contributed by atoms with Crippen LogP contribution in [0, 0.1) is 13.8 Å². The van der Waals surface area contributed by atoms with Crippen LogP contribution in [0.15, 0.2) is 30.3 Å². The predicted octanol–water partition coefficient (Wildman–Crippen LogP) is 4.02. The molecule has 0 fully saturated rings. The van der Waals surface area contributed by atoms with E-state index in [-0.39, 0.29) is 0 Å². The van der Waals surface area contributed by atoms with E-state index in [1.165, 1.54) is 11.1 Å². The first kappa shape index (κ1) is 12.7. The number of fused-ring (bicyclic) bond motifs is 2. The number of pyridine rings is 1. The van der Waals surface area contributed by atoms with Crippen LogP contribution in [-0.2, 0) is 0 Å². The minimum atomic E-state index is 0.727. The van der Waals surface area contributed by atoms with Crippen molar-refractivity contribution >= 4 is 21.8 Å². The van der Waals surface area contributed by atoms with Crippen molar-refractivity contribution in [2.75, 3.05) is 14.2 Å². The quantitative estimate of drug-likeness (QED) is 0.657. The van der Waals surface area contributed by atoms with E-state index < -0.39 is 0 Å². The molecule has 3 rings (SSSR count). The third-order valence-electron chi connectivity index (χ3n) is 3.74. The maximum Gasteiger partial charge on any atom is 0.170 e. The summed E-state index contributed by atoms with van der Waals surface area (Å²) in [6, 6.07) is 10.3. The zero-order valence-corrected chi connectivity index (χ0v) is 12.2. The fourth-order valence-electron chi connectivity index (χ4n) is 2.50. The predicted molar refractivity (Wildman–Crippen MR) is 81.8 cm³/mol. The van der Waals surface area contributed by atoms with Gasteiger partial charge in [-0.25, -0.2) is 4.98 Å². The second-order valence-corrected chi connectivity index (χ2v) is 4.99. The van der Waals surface area contributed by atoms with Crippen LogP contribution in [0.25, 0.3) is 21.8 Å². The van der Waals surface area contributed by atoms with Gasteiger partial charge >= 0.3 is 0 Å². The van der Waals surface area contributed by atoms with E-state index in [2.05, 4.69) is 32.0 Å². The molecule has 3 aromatic rings. The van der Waals surface area contributed by atoms with Gasteiger partial charge in [-0.1, -0.05) is 0 Å².